The van der Waals surface area contributed by atoms with Crippen LogP contribution in [0.2, 0.25) is 5.02 Å². The summed E-state index contributed by atoms with van der Waals surface area (Å²) in [7, 11) is -3.90. The number of carbonyl (C=O) groups is 1. The van der Waals surface area contributed by atoms with Gasteiger partial charge < -0.3 is 9.88 Å². The maximum Gasteiger partial charge on any atom is 0.271 e. The lowest BCUT2D eigenvalue weighted by molar-refractivity contribution is -0.116. The molecular formula is C20H24ClN3O4S. The van der Waals surface area contributed by atoms with E-state index in [1.807, 2.05) is 6.92 Å². The first-order valence-corrected chi connectivity index (χ1v) is 11.3. The number of benzene rings is 1. The van der Waals surface area contributed by atoms with Crippen LogP contribution in [0.15, 0.2) is 46.2 Å². The van der Waals surface area contributed by atoms with Crippen molar-refractivity contribution in [2.45, 2.75) is 38.1 Å². The second-order valence-electron chi connectivity index (χ2n) is 7.42. The highest BCUT2D eigenvalue weighted by Gasteiger charge is 2.30. The number of aromatic nitrogens is 1. The molecule has 0 spiro atoms. The van der Waals surface area contributed by atoms with E-state index >= 15 is 0 Å². The van der Waals surface area contributed by atoms with E-state index in [4.69, 9.17) is 11.6 Å². The van der Waals surface area contributed by atoms with E-state index in [9.17, 15) is 18.0 Å². The Morgan fingerprint density at radius 1 is 1.24 bits per heavy atom. The summed E-state index contributed by atoms with van der Waals surface area (Å²) < 4.78 is 28.3. The molecule has 7 nitrogen and oxygen atoms in total. The Morgan fingerprint density at radius 3 is 2.59 bits per heavy atom. The number of aryl methyl sites for hydroxylation is 1. The molecule has 0 atom stereocenters. The van der Waals surface area contributed by atoms with Gasteiger partial charge in [0.2, 0.25) is 15.9 Å². The molecule has 0 radical (unpaired) electrons. The van der Waals surface area contributed by atoms with Gasteiger partial charge in [0, 0.05) is 19.3 Å². The van der Waals surface area contributed by atoms with Crippen molar-refractivity contribution in [1.29, 1.82) is 0 Å². The van der Waals surface area contributed by atoms with Crippen LogP contribution in [-0.4, -0.2) is 36.3 Å². The Hall–Kier alpha value is -2.16. The number of anilines is 1. The zero-order chi connectivity index (χ0) is 21.2. The number of hydrogen-bond donors (Lipinski definition) is 1. The number of nitrogens with one attached hydrogen (secondary N) is 1. The summed E-state index contributed by atoms with van der Waals surface area (Å²) in [6.07, 6.45) is 2.93. The van der Waals surface area contributed by atoms with Gasteiger partial charge >= 0.3 is 0 Å². The summed E-state index contributed by atoms with van der Waals surface area (Å²) in [5.74, 6) is -0.00891. The zero-order valence-electron chi connectivity index (χ0n) is 16.4. The first-order chi connectivity index (χ1) is 13.7. The van der Waals surface area contributed by atoms with Crippen molar-refractivity contribution in [1.82, 2.24) is 8.87 Å². The molecule has 29 heavy (non-hydrogen) atoms. The van der Waals surface area contributed by atoms with Crippen LogP contribution in [0.1, 0.15) is 25.3 Å². The van der Waals surface area contributed by atoms with Crippen molar-refractivity contribution in [2.75, 3.05) is 18.4 Å². The van der Waals surface area contributed by atoms with Crippen LogP contribution < -0.4 is 10.9 Å². The van der Waals surface area contributed by atoms with Crippen LogP contribution in [0.25, 0.3) is 0 Å². The number of sulfonamides is 1. The quantitative estimate of drug-likeness (QED) is 0.778. The van der Waals surface area contributed by atoms with Crippen molar-refractivity contribution < 1.29 is 13.2 Å². The molecule has 3 rings (SSSR count). The van der Waals surface area contributed by atoms with Gasteiger partial charge in [0.25, 0.3) is 5.56 Å². The summed E-state index contributed by atoms with van der Waals surface area (Å²) in [6, 6.07) is 7.96. The molecular weight excluding hydrogens is 414 g/mol. The molecule has 156 valence electrons. The third-order valence-corrected chi connectivity index (χ3v) is 7.28. The van der Waals surface area contributed by atoms with E-state index in [-0.39, 0.29) is 11.4 Å². The number of pyridine rings is 1. The molecule has 1 aliphatic heterocycles. The first-order valence-electron chi connectivity index (χ1n) is 9.44. The van der Waals surface area contributed by atoms with E-state index in [0.29, 0.717) is 29.7 Å². The number of halogens is 1. The maximum atomic E-state index is 12.9. The van der Waals surface area contributed by atoms with E-state index in [0.717, 1.165) is 23.0 Å². The minimum absolute atomic E-state index is 0.310. The fourth-order valence-electron chi connectivity index (χ4n) is 3.27. The molecule has 2 heterocycles. The van der Waals surface area contributed by atoms with E-state index in [2.05, 4.69) is 12.2 Å². The highest BCUT2D eigenvalue weighted by Crippen LogP contribution is 2.23. The molecule has 1 aromatic carbocycles. The normalized spacial score (nSPS) is 16.0. The molecule has 9 heteroatoms. The fourth-order valence-corrected chi connectivity index (χ4v) is 5.11. The minimum Gasteiger partial charge on any atom is -0.323 e. The van der Waals surface area contributed by atoms with Gasteiger partial charge in [-0.1, -0.05) is 24.6 Å². The number of rotatable bonds is 5. The molecule has 2 aromatic rings. The number of piperidine rings is 1. The Labute approximate surface area is 175 Å². The predicted octanol–water partition coefficient (Wildman–Crippen LogP) is 2.87. The highest BCUT2D eigenvalue weighted by atomic mass is 35.5. The van der Waals surface area contributed by atoms with Crippen molar-refractivity contribution in [3.63, 3.8) is 0 Å². The average molecular weight is 438 g/mol. The third-order valence-electron chi connectivity index (χ3n) is 5.06. The first kappa shape index (κ1) is 21.5. The lowest BCUT2D eigenvalue weighted by atomic mass is 10.0. The Balaban J connectivity index is 1.79. The lowest BCUT2D eigenvalue weighted by Crippen LogP contribution is -2.41. The van der Waals surface area contributed by atoms with Crippen LogP contribution in [-0.2, 0) is 21.4 Å². The predicted molar refractivity (Wildman–Crippen MR) is 113 cm³/mol. The number of hydrogen-bond acceptors (Lipinski definition) is 4. The second-order valence-corrected chi connectivity index (χ2v) is 9.74. The molecule has 1 aromatic heterocycles. The Kier molecular flexibility index (Phi) is 6.45. The summed E-state index contributed by atoms with van der Waals surface area (Å²) >= 11 is 6.12. The summed E-state index contributed by atoms with van der Waals surface area (Å²) in [6.45, 7) is 4.43. The van der Waals surface area contributed by atoms with Crippen molar-refractivity contribution in [3.8, 4) is 0 Å². The Bertz CT molecular complexity index is 1070. The van der Waals surface area contributed by atoms with Crippen LogP contribution in [0.5, 0.6) is 0 Å². The van der Waals surface area contributed by atoms with Crippen LogP contribution >= 0.6 is 11.6 Å². The summed E-state index contributed by atoms with van der Waals surface area (Å²) in [5, 5.41) is 3.04. The number of nitrogens with zero attached hydrogens (tertiary/aromatic N) is 2. The third kappa shape index (κ3) is 4.88. The smallest absolute Gasteiger partial charge is 0.271 e. The van der Waals surface area contributed by atoms with Crippen LogP contribution in [0.4, 0.5) is 5.69 Å². The Morgan fingerprint density at radius 2 is 1.93 bits per heavy atom. The van der Waals surface area contributed by atoms with Gasteiger partial charge in [0.05, 0.1) is 10.7 Å². The molecule has 0 unspecified atom stereocenters. The molecule has 1 aliphatic rings. The molecule has 0 aliphatic carbocycles. The lowest BCUT2D eigenvalue weighted by Gasteiger charge is -2.29. The van der Waals surface area contributed by atoms with Gasteiger partial charge in [-0.25, -0.2) is 8.42 Å². The summed E-state index contributed by atoms with van der Waals surface area (Å²) in [5.41, 5.74) is 0.673. The average Bonchev–Trinajstić information content (AvgIpc) is 2.66. The van der Waals surface area contributed by atoms with Gasteiger partial charge in [-0.15, -0.1) is 0 Å². The van der Waals surface area contributed by atoms with Gasteiger partial charge in [0.15, 0.2) is 0 Å². The zero-order valence-corrected chi connectivity index (χ0v) is 18.0. The van der Waals surface area contributed by atoms with Crippen molar-refractivity contribution in [3.05, 3.63) is 57.5 Å². The number of carbonyl (C=O) groups excluding carboxylic acids is 1. The van der Waals surface area contributed by atoms with Gasteiger partial charge in [-0.2, -0.15) is 4.31 Å². The SMILES string of the molecule is Cc1ccc(NC(=O)Cn2cccc(S(=O)(=O)N3CCC(C)CC3)c2=O)c(Cl)c1. The molecule has 0 bridgehead atoms. The number of amides is 1. The highest BCUT2D eigenvalue weighted by molar-refractivity contribution is 7.89. The molecule has 1 fully saturated rings. The van der Waals surface area contributed by atoms with Gasteiger partial charge in [0.1, 0.15) is 11.4 Å². The monoisotopic (exact) mass is 437 g/mol. The molecule has 1 N–H and O–H groups in total. The van der Waals surface area contributed by atoms with Crippen LogP contribution in [0, 0.1) is 12.8 Å². The standard InChI is InChI=1S/C20H24ClN3O4S/c1-14-7-10-24(11-8-14)29(27,28)18-4-3-9-23(20(18)26)13-19(25)22-17-6-5-15(2)12-16(17)21/h3-6,9,12,14H,7-8,10-11,13H2,1-2H3,(H,22,25). The van der Waals surface area contributed by atoms with Crippen molar-refractivity contribution in [2.24, 2.45) is 5.92 Å². The van der Waals surface area contributed by atoms with E-state index in [1.165, 1.54) is 22.6 Å². The van der Waals surface area contributed by atoms with Crippen molar-refractivity contribution >= 4 is 33.2 Å². The molecule has 1 saturated heterocycles. The van der Waals surface area contributed by atoms with E-state index < -0.39 is 21.5 Å². The summed E-state index contributed by atoms with van der Waals surface area (Å²) in [4.78, 5) is 24.8. The fraction of sp³-hybridized carbons (Fsp3) is 0.400. The van der Waals surface area contributed by atoms with Crippen LogP contribution in [0.3, 0.4) is 0 Å². The van der Waals surface area contributed by atoms with Gasteiger partial charge in [-0.3, -0.25) is 9.59 Å². The topological polar surface area (TPSA) is 88.5 Å². The second kappa shape index (κ2) is 8.69. The maximum absolute atomic E-state index is 12.9. The molecule has 0 saturated carbocycles. The molecule has 1 amide bonds. The van der Waals surface area contributed by atoms with E-state index in [1.54, 1.807) is 18.2 Å². The largest absolute Gasteiger partial charge is 0.323 e. The minimum atomic E-state index is -3.90. The van der Waals surface area contributed by atoms with Gasteiger partial charge in [-0.05, 0) is 55.5 Å².